The minimum absolute atomic E-state index is 0.0330. The van der Waals surface area contributed by atoms with Crippen molar-refractivity contribution in [3.05, 3.63) is 47.5 Å². The van der Waals surface area contributed by atoms with E-state index in [1.807, 2.05) is 71.4 Å². The van der Waals surface area contributed by atoms with E-state index in [9.17, 15) is 4.79 Å². The van der Waals surface area contributed by atoms with Gasteiger partial charge in [0.2, 0.25) is 0 Å². The highest BCUT2D eigenvalue weighted by molar-refractivity contribution is 5.80. The fourth-order valence-electron chi connectivity index (χ4n) is 2.85. The van der Waals surface area contributed by atoms with Crippen molar-refractivity contribution in [2.75, 3.05) is 6.54 Å². The van der Waals surface area contributed by atoms with Gasteiger partial charge >= 0.3 is 6.09 Å². The van der Waals surface area contributed by atoms with Gasteiger partial charge in [-0.05, 0) is 54.0 Å². The van der Waals surface area contributed by atoms with Crippen LogP contribution >= 0.6 is 0 Å². The largest absolute Gasteiger partial charge is 0.444 e. The molecule has 0 saturated heterocycles. The van der Waals surface area contributed by atoms with Crippen LogP contribution in [0.25, 0.3) is 0 Å². The molecule has 0 aliphatic rings. The van der Waals surface area contributed by atoms with Gasteiger partial charge in [-0.1, -0.05) is 30.3 Å². The number of amides is 1. The first-order chi connectivity index (χ1) is 14.9. The number of nitrogens with zero attached hydrogens (tertiary/aromatic N) is 4. The number of benzene rings is 1. The molecule has 0 fully saturated rings. The lowest BCUT2D eigenvalue weighted by molar-refractivity contribution is 0.0474. The maximum atomic E-state index is 12.2. The number of ether oxygens (including phenoxy) is 1. The highest BCUT2D eigenvalue weighted by Crippen LogP contribution is 2.12. The second-order valence-electron chi connectivity index (χ2n) is 9.53. The van der Waals surface area contributed by atoms with Crippen LogP contribution in [0.1, 0.15) is 64.8 Å². The first-order valence-corrected chi connectivity index (χ1v) is 10.8. The van der Waals surface area contributed by atoms with Crippen molar-refractivity contribution in [1.29, 1.82) is 0 Å². The number of aromatic nitrogens is 3. The van der Waals surface area contributed by atoms with Crippen LogP contribution in [0.2, 0.25) is 0 Å². The highest BCUT2D eigenvalue weighted by atomic mass is 16.6. The Labute approximate surface area is 191 Å². The van der Waals surface area contributed by atoms with E-state index in [0.717, 1.165) is 17.2 Å². The molecule has 2 rings (SSSR count). The van der Waals surface area contributed by atoms with Gasteiger partial charge in [-0.3, -0.25) is 0 Å². The van der Waals surface area contributed by atoms with E-state index in [4.69, 9.17) is 9.73 Å². The summed E-state index contributed by atoms with van der Waals surface area (Å²) in [7, 11) is 1.92. The van der Waals surface area contributed by atoms with Crippen molar-refractivity contribution in [1.82, 2.24) is 30.7 Å². The highest BCUT2D eigenvalue weighted by Gasteiger charge is 2.25. The van der Waals surface area contributed by atoms with Crippen molar-refractivity contribution < 1.29 is 9.53 Å². The average molecular weight is 444 g/mol. The summed E-state index contributed by atoms with van der Waals surface area (Å²) in [5.74, 6) is 2.21. The number of alkyl carbamates (subject to hydrolysis) is 1. The van der Waals surface area contributed by atoms with Crippen LogP contribution in [-0.4, -0.2) is 44.5 Å². The Morgan fingerprint density at radius 2 is 1.81 bits per heavy atom. The molecule has 0 aliphatic carbocycles. The molecule has 2 aromatic rings. The van der Waals surface area contributed by atoms with Gasteiger partial charge in [0.1, 0.15) is 18.0 Å². The van der Waals surface area contributed by atoms with Crippen molar-refractivity contribution >= 4 is 12.1 Å². The zero-order valence-electron chi connectivity index (χ0n) is 20.5. The molecule has 0 bridgehead atoms. The first-order valence-electron chi connectivity index (χ1n) is 10.8. The van der Waals surface area contributed by atoms with Crippen LogP contribution in [-0.2, 0) is 18.3 Å². The molecular weight excluding hydrogens is 406 g/mol. The second-order valence-corrected chi connectivity index (χ2v) is 9.53. The standard InChI is InChI=1S/C23H37N7O2/c1-16(18-12-10-9-11-13-18)26-20(24-14-19-29-28-17(2)30(19)8)25-15-23(6,7)27-21(31)32-22(3,4)5/h9-13,16H,14-15H2,1-8H3,(H,27,31)(H2,24,25,26). The summed E-state index contributed by atoms with van der Waals surface area (Å²) in [5, 5.41) is 17.9. The third-order valence-corrected chi connectivity index (χ3v) is 4.75. The van der Waals surface area contributed by atoms with Crippen LogP contribution in [0.4, 0.5) is 4.79 Å². The summed E-state index contributed by atoms with van der Waals surface area (Å²) >= 11 is 0. The molecule has 1 atom stereocenters. The minimum Gasteiger partial charge on any atom is -0.444 e. The third kappa shape index (κ3) is 8.20. The predicted molar refractivity (Wildman–Crippen MR) is 126 cm³/mol. The maximum absolute atomic E-state index is 12.2. The molecule has 32 heavy (non-hydrogen) atoms. The smallest absolute Gasteiger partial charge is 0.408 e. The summed E-state index contributed by atoms with van der Waals surface area (Å²) in [5.41, 5.74) is 0.0196. The Kier molecular flexibility index (Phi) is 8.24. The topological polar surface area (TPSA) is 105 Å². The van der Waals surface area contributed by atoms with Crippen molar-refractivity contribution in [2.24, 2.45) is 12.0 Å². The van der Waals surface area contributed by atoms with Crippen LogP contribution in [0.15, 0.2) is 35.3 Å². The molecule has 1 aromatic heterocycles. The first kappa shape index (κ1) is 25.2. The third-order valence-electron chi connectivity index (χ3n) is 4.75. The second kappa shape index (κ2) is 10.5. The number of rotatable bonds is 7. The molecule has 1 unspecified atom stereocenters. The number of hydrogen-bond donors (Lipinski definition) is 3. The zero-order chi connectivity index (χ0) is 23.9. The van der Waals surface area contributed by atoms with E-state index in [1.54, 1.807) is 0 Å². The normalized spacial score (nSPS) is 13.4. The molecule has 0 saturated carbocycles. The number of carbonyl (C=O) groups excluding carboxylic acids is 1. The number of aliphatic imine (C=N–C) groups is 1. The van der Waals surface area contributed by atoms with Gasteiger partial charge in [-0.15, -0.1) is 10.2 Å². The molecule has 0 spiro atoms. The van der Waals surface area contributed by atoms with Gasteiger partial charge in [0.25, 0.3) is 0 Å². The zero-order valence-corrected chi connectivity index (χ0v) is 20.5. The Morgan fingerprint density at radius 1 is 1.16 bits per heavy atom. The Bertz CT molecular complexity index is 914. The van der Waals surface area contributed by atoms with E-state index >= 15 is 0 Å². The van der Waals surface area contributed by atoms with Gasteiger partial charge in [-0.2, -0.15) is 0 Å². The van der Waals surface area contributed by atoms with Crippen LogP contribution in [0, 0.1) is 6.92 Å². The van der Waals surface area contributed by atoms with Crippen molar-refractivity contribution in [2.45, 2.75) is 72.2 Å². The van der Waals surface area contributed by atoms with Gasteiger partial charge in [-0.25, -0.2) is 9.79 Å². The van der Waals surface area contributed by atoms with Gasteiger partial charge in [0.15, 0.2) is 11.8 Å². The Hall–Kier alpha value is -3.10. The van der Waals surface area contributed by atoms with E-state index in [0.29, 0.717) is 19.0 Å². The van der Waals surface area contributed by atoms with Crippen molar-refractivity contribution in [3.8, 4) is 0 Å². The molecule has 0 radical (unpaired) electrons. The number of nitrogens with one attached hydrogen (secondary N) is 3. The molecule has 3 N–H and O–H groups in total. The Balaban J connectivity index is 2.10. The lowest BCUT2D eigenvalue weighted by atomic mass is 10.1. The van der Waals surface area contributed by atoms with E-state index in [-0.39, 0.29) is 6.04 Å². The van der Waals surface area contributed by atoms with Gasteiger partial charge in [0.05, 0.1) is 11.6 Å². The van der Waals surface area contributed by atoms with Crippen LogP contribution in [0.3, 0.4) is 0 Å². The summed E-state index contributed by atoms with van der Waals surface area (Å²) in [6, 6.07) is 10.2. The molecule has 0 aliphatic heterocycles. The molecular formula is C23H37N7O2. The van der Waals surface area contributed by atoms with E-state index in [1.165, 1.54) is 0 Å². The molecule has 9 heteroatoms. The van der Waals surface area contributed by atoms with Crippen LogP contribution in [0.5, 0.6) is 0 Å². The monoisotopic (exact) mass is 443 g/mol. The number of hydrogen-bond acceptors (Lipinski definition) is 5. The fourth-order valence-corrected chi connectivity index (χ4v) is 2.85. The summed E-state index contributed by atoms with van der Waals surface area (Å²) in [4.78, 5) is 16.9. The SMILES string of the molecule is Cc1nnc(CN=C(NCC(C)(C)NC(=O)OC(C)(C)C)NC(C)c2ccccc2)n1C. The maximum Gasteiger partial charge on any atom is 0.408 e. The summed E-state index contributed by atoms with van der Waals surface area (Å²) in [6.45, 7) is 14.2. The van der Waals surface area contributed by atoms with Crippen LogP contribution < -0.4 is 16.0 Å². The lowest BCUT2D eigenvalue weighted by Gasteiger charge is -2.30. The molecule has 176 valence electrons. The fraction of sp³-hybridized carbons (Fsp3) is 0.565. The molecule has 1 heterocycles. The number of guanidine groups is 1. The van der Waals surface area contributed by atoms with E-state index < -0.39 is 17.2 Å². The Morgan fingerprint density at radius 3 is 2.38 bits per heavy atom. The molecule has 9 nitrogen and oxygen atoms in total. The quantitative estimate of drug-likeness (QED) is 0.448. The predicted octanol–water partition coefficient (Wildman–Crippen LogP) is 3.22. The molecule has 1 amide bonds. The van der Waals surface area contributed by atoms with Gasteiger partial charge in [0, 0.05) is 13.6 Å². The lowest BCUT2D eigenvalue weighted by Crippen LogP contribution is -2.54. The van der Waals surface area contributed by atoms with E-state index in [2.05, 4.69) is 45.2 Å². The molecule has 1 aromatic carbocycles. The average Bonchev–Trinajstić information content (AvgIpc) is 3.00. The number of carbonyl (C=O) groups is 1. The van der Waals surface area contributed by atoms with Gasteiger partial charge < -0.3 is 25.3 Å². The summed E-state index contributed by atoms with van der Waals surface area (Å²) < 4.78 is 7.29. The van der Waals surface area contributed by atoms with Crippen molar-refractivity contribution in [3.63, 3.8) is 0 Å². The summed E-state index contributed by atoms with van der Waals surface area (Å²) in [6.07, 6.45) is -0.456. The minimum atomic E-state index is -0.567. The number of aryl methyl sites for hydroxylation is 1.